The highest BCUT2D eigenvalue weighted by molar-refractivity contribution is 9.10. The molecule has 1 atom stereocenters. The molecule has 1 saturated heterocycles. The lowest BCUT2D eigenvalue weighted by Crippen LogP contribution is -2.45. The van der Waals surface area contributed by atoms with Gasteiger partial charge in [-0.3, -0.25) is 4.79 Å². The van der Waals surface area contributed by atoms with Crippen LogP contribution in [-0.4, -0.2) is 25.0 Å². The van der Waals surface area contributed by atoms with E-state index < -0.39 is 11.7 Å². The van der Waals surface area contributed by atoms with E-state index in [0.29, 0.717) is 4.47 Å². The van der Waals surface area contributed by atoms with Crippen molar-refractivity contribution in [3.8, 4) is 0 Å². The second kappa shape index (κ2) is 7.43. The van der Waals surface area contributed by atoms with Crippen LogP contribution in [0.4, 0.5) is 4.39 Å². The zero-order valence-corrected chi connectivity index (χ0v) is 13.2. The molecule has 1 fully saturated rings. The van der Waals surface area contributed by atoms with Crippen LogP contribution in [0.2, 0.25) is 5.02 Å². The minimum Gasteiger partial charge on any atom is -0.348 e. The summed E-state index contributed by atoms with van der Waals surface area (Å²) < 4.78 is 14.2. The highest BCUT2D eigenvalue weighted by atomic mass is 79.9. The second-order valence-electron chi connectivity index (χ2n) is 4.26. The summed E-state index contributed by atoms with van der Waals surface area (Å²) in [6, 6.07) is 2.60. The number of carbonyl (C=O) groups is 1. The molecule has 0 saturated carbocycles. The molecule has 19 heavy (non-hydrogen) atoms. The van der Waals surface area contributed by atoms with Crippen LogP contribution in [0, 0.1) is 5.82 Å². The molecule has 0 unspecified atom stereocenters. The van der Waals surface area contributed by atoms with E-state index in [1.54, 1.807) is 0 Å². The minimum atomic E-state index is -0.607. The maximum absolute atomic E-state index is 13.7. The number of nitrogens with one attached hydrogen (secondary N) is 2. The normalized spacial score (nSPS) is 18.6. The zero-order valence-electron chi connectivity index (χ0n) is 10.0. The van der Waals surface area contributed by atoms with E-state index in [1.165, 1.54) is 6.07 Å². The first-order valence-corrected chi connectivity index (χ1v) is 6.91. The van der Waals surface area contributed by atoms with Crippen LogP contribution >= 0.6 is 39.9 Å². The molecule has 0 aromatic heterocycles. The van der Waals surface area contributed by atoms with Gasteiger partial charge in [-0.25, -0.2) is 4.39 Å². The number of hydrogen-bond donors (Lipinski definition) is 2. The third kappa shape index (κ3) is 4.31. The summed E-state index contributed by atoms with van der Waals surface area (Å²) in [5.74, 6) is -1.01. The van der Waals surface area contributed by atoms with Crippen molar-refractivity contribution in [3.05, 3.63) is 33.0 Å². The first-order chi connectivity index (χ1) is 8.58. The third-order valence-electron chi connectivity index (χ3n) is 2.89. The largest absolute Gasteiger partial charge is 0.348 e. The number of carbonyl (C=O) groups excluding carboxylic acids is 1. The van der Waals surface area contributed by atoms with Crippen LogP contribution in [-0.2, 0) is 0 Å². The maximum Gasteiger partial charge on any atom is 0.254 e. The van der Waals surface area contributed by atoms with E-state index in [-0.39, 0.29) is 29.0 Å². The third-order valence-corrected chi connectivity index (χ3v) is 4.08. The molecule has 3 nitrogen and oxygen atoms in total. The number of hydrogen-bond acceptors (Lipinski definition) is 2. The standard InChI is InChI=1S/C12H13BrClFN2O.ClH/c13-9-4-8(11(15)5-10(9)14)12(18)17-7-2-1-3-16-6-7;/h4-5,7,16H,1-3,6H2,(H,17,18);1H/t7-;/m0./s1. The Kier molecular flexibility index (Phi) is 6.53. The molecule has 7 heteroatoms. The van der Waals surface area contributed by atoms with Crippen molar-refractivity contribution in [1.29, 1.82) is 0 Å². The van der Waals surface area contributed by atoms with Gasteiger partial charge >= 0.3 is 0 Å². The lowest BCUT2D eigenvalue weighted by Gasteiger charge is -2.23. The number of rotatable bonds is 2. The molecule has 0 spiro atoms. The van der Waals surface area contributed by atoms with Crippen molar-refractivity contribution in [2.45, 2.75) is 18.9 Å². The monoisotopic (exact) mass is 370 g/mol. The Morgan fingerprint density at radius 2 is 2.26 bits per heavy atom. The fourth-order valence-electron chi connectivity index (χ4n) is 1.93. The quantitative estimate of drug-likeness (QED) is 0.784. The Morgan fingerprint density at radius 1 is 1.53 bits per heavy atom. The topological polar surface area (TPSA) is 41.1 Å². The molecule has 1 heterocycles. The van der Waals surface area contributed by atoms with E-state index in [2.05, 4.69) is 26.6 Å². The van der Waals surface area contributed by atoms with Gasteiger partial charge in [-0.15, -0.1) is 12.4 Å². The average molecular weight is 372 g/mol. The first kappa shape index (κ1) is 16.7. The summed E-state index contributed by atoms with van der Waals surface area (Å²) in [6.07, 6.45) is 1.92. The minimum absolute atomic E-state index is 0. The molecule has 1 aliphatic rings. The number of halogens is 4. The molecule has 2 N–H and O–H groups in total. The summed E-state index contributed by atoms with van der Waals surface area (Å²) >= 11 is 8.94. The van der Waals surface area contributed by atoms with E-state index in [1.807, 2.05) is 0 Å². The fraction of sp³-hybridized carbons (Fsp3) is 0.417. The second-order valence-corrected chi connectivity index (χ2v) is 5.52. The lowest BCUT2D eigenvalue weighted by molar-refractivity contribution is 0.0926. The number of piperidine rings is 1. The molecule has 0 aliphatic carbocycles. The molecule has 1 aromatic carbocycles. The predicted molar refractivity (Wildman–Crippen MR) is 79.7 cm³/mol. The summed E-state index contributed by atoms with van der Waals surface area (Å²) in [7, 11) is 0. The summed E-state index contributed by atoms with van der Waals surface area (Å²) in [4.78, 5) is 12.0. The SMILES string of the molecule is Cl.O=C(N[C@H]1CCCNC1)c1cc(Br)c(Cl)cc1F. The highest BCUT2D eigenvalue weighted by Gasteiger charge is 2.19. The van der Waals surface area contributed by atoms with Crippen molar-refractivity contribution in [3.63, 3.8) is 0 Å². The van der Waals surface area contributed by atoms with Gasteiger partial charge in [0.15, 0.2) is 0 Å². The van der Waals surface area contributed by atoms with Crippen molar-refractivity contribution in [2.24, 2.45) is 0 Å². The molecule has 106 valence electrons. The summed E-state index contributed by atoms with van der Waals surface area (Å²) in [5.41, 5.74) is 0.0110. The molecule has 1 amide bonds. The fourth-order valence-corrected chi connectivity index (χ4v) is 2.43. The number of amides is 1. The van der Waals surface area contributed by atoms with Crippen LogP contribution in [0.25, 0.3) is 0 Å². The van der Waals surface area contributed by atoms with E-state index in [9.17, 15) is 9.18 Å². The maximum atomic E-state index is 13.7. The molecular weight excluding hydrogens is 358 g/mol. The Bertz CT molecular complexity index is 467. The van der Waals surface area contributed by atoms with Gasteiger partial charge in [0, 0.05) is 17.1 Å². The Morgan fingerprint density at radius 3 is 2.89 bits per heavy atom. The van der Waals surface area contributed by atoms with Gasteiger partial charge in [0.05, 0.1) is 10.6 Å². The molecule has 0 radical (unpaired) electrons. The molecule has 2 rings (SSSR count). The smallest absolute Gasteiger partial charge is 0.254 e. The van der Waals surface area contributed by atoms with Gasteiger partial charge in [0.2, 0.25) is 0 Å². The Balaban J connectivity index is 0.00000180. The van der Waals surface area contributed by atoms with Crippen molar-refractivity contribution >= 4 is 45.8 Å². The van der Waals surface area contributed by atoms with Gasteiger partial charge < -0.3 is 10.6 Å². The van der Waals surface area contributed by atoms with E-state index in [4.69, 9.17) is 11.6 Å². The van der Waals surface area contributed by atoms with Gasteiger partial charge in [0.25, 0.3) is 5.91 Å². The van der Waals surface area contributed by atoms with Crippen LogP contribution < -0.4 is 10.6 Å². The van der Waals surface area contributed by atoms with Gasteiger partial charge in [-0.05, 0) is 47.4 Å². The average Bonchev–Trinajstić information content (AvgIpc) is 2.35. The van der Waals surface area contributed by atoms with Gasteiger partial charge in [-0.2, -0.15) is 0 Å². The van der Waals surface area contributed by atoms with Crippen LogP contribution in [0.15, 0.2) is 16.6 Å². The Hall–Kier alpha value is -0.360. The zero-order chi connectivity index (χ0) is 13.1. The predicted octanol–water partition coefficient (Wildman–Crippen LogP) is 3.15. The summed E-state index contributed by atoms with van der Waals surface area (Å²) in [6.45, 7) is 1.69. The van der Waals surface area contributed by atoms with Crippen molar-refractivity contribution in [2.75, 3.05) is 13.1 Å². The van der Waals surface area contributed by atoms with Crippen LogP contribution in [0.3, 0.4) is 0 Å². The van der Waals surface area contributed by atoms with Gasteiger partial charge in [-0.1, -0.05) is 11.6 Å². The molecular formula is C12H14BrCl2FN2O. The van der Waals surface area contributed by atoms with Gasteiger partial charge in [0.1, 0.15) is 5.82 Å². The van der Waals surface area contributed by atoms with Crippen LogP contribution in [0.5, 0.6) is 0 Å². The highest BCUT2D eigenvalue weighted by Crippen LogP contribution is 2.25. The molecule has 1 aliphatic heterocycles. The van der Waals surface area contributed by atoms with Crippen molar-refractivity contribution < 1.29 is 9.18 Å². The van der Waals surface area contributed by atoms with Crippen LogP contribution in [0.1, 0.15) is 23.2 Å². The number of benzene rings is 1. The molecule has 0 bridgehead atoms. The lowest BCUT2D eigenvalue weighted by atomic mass is 10.1. The van der Waals surface area contributed by atoms with E-state index >= 15 is 0 Å². The molecule has 1 aromatic rings. The Labute approximate surface area is 130 Å². The summed E-state index contributed by atoms with van der Waals surface area (Å²) in [5, 5.41) is 6.26. The van der Waals surface area contributed by atoms with E-state index in [0.717, 1.165) is 32.0 Å². The first-order valence-electron chi connectivity index (χ1n) is 5.74. The van der Waals surface area contributed by atoms with Crippen molar-refractivity contribution in [1.82, 2.24) is 10.6 Å².